The number of Topliss-reactive ketones (excluding diaryl/α,β-unsaturated/α-hetero) is 1. The first-order chi connectivity index (χ1) is 12.2. The van der Waals surface area contributed by atoms with Gasteiger partial charge < -0.3 is 9.64 Å². The zero-order chi connectivity index (χ0) is 17.6. The Kier molecular flexibility index (Phi) is 5.43. The number of benzene rings is 2. The lowest BCUT2D eigenvalue weighted by atomic mass is 10.1. The van der Waals surface area contributed by atoms with Crippen LogP contribution < -0.4 is 9.64 Å². The third-order valence-corrected chi connectivity index (χ3v) is 4.27. The largest absolute Gasteiger partial charge is 0.497 e. The maximum Gasteiger partial charge on any atom is 0.182 e. The first-order valence-corrected chi connectivity index (χ1v) is 8.41. The third-order valence-electron chi connectivity index (χ3n) is 4.27. The number of rotatable bonds is 5. The summed E-state index contributed by atoms with van der Waals surface area (Å²) in [5.74, 6) is 1.27. The molecule has 2 aromatic rings. The molecule has 0 spiro atoms. The Morgan fingerprint density at radius 3 is 2.44 bits per heavy atom. The molecule has 0 radical (unpaired) electrons. The fourth-order valence-corrected chi connectivity index (χ4v) is 2.87. The van der Waals surface area contributed by atoms with E-state index in [9.17, 15) is 9.18 Å². The number of hydrogen-bond acceptors (Lipinski definition) is 4. The Morgan fingerprint density at radius 2 is 1.84 bits per heavy atom. The Bertz CT molecular complexity index is 754. The van der Waals surface area contributed by atoms with Crippen LogP contribution in [0.1, 0.15) is 29.6 Å². The number of nitrogens with zero attached hydrogens (tertiary/aromatic N) is 2. The average molecular weight is 340 g/mol. The lowest BCUT2D eigenvalue weighted by Crippen LogP contribution is -2.37. The van der Waals surface area contributed by atoms with Crippen LogP contribution in [0.25, 0.3) is 0 Å². The molecule has 1 aliphatic heterocycles. The molecule has 0 saturated heterocycles. The number of anilines is 1. The van der Waals surface area contributed by atoms with Crippen molar-refractivity contribution in [3.05, 3.63) is 59.9 Å². The van der Waals surface area contributed by atoms with Crippen molar-refractivity contribution in [2.75, 3.05) is 25.1 Å². The molecule has 2 aromatic carbocycles. The van der Waals surface area contributed by atoms with Crippen molar-refractivity contribution < 1.29 is 13.9 Å². The van der Waals surface area contributed by atoms with Crippen LogP contribution in [0.3, 0.4) is 0 Å². The van der Waals surface area contributed by atoms with Crippen LogP contribution in [0.2, 0.25) is 0 Å². The van der Waals surface area contributed by atoms with Gasteiger partial charge in [0, 0.05) is 24.2 Å². The standard InChI is InChI=1S/C20H21FN2O2/c1-25-18-11-9-17(10-12-18)23(20-4-2-3-13-22-20)14-19(24)15-5-7-16(21)8-6-15/h5-12H,2-4,13-14H2,1H3. The van der Waals surface area contributed by atoms with Gasteiger partial charge in [-0.2, -0.15) is 0 Å². The first kappa shape index (κ1) is 17.1. The summed E-state index contributed by atoms with van der Waals surface area (Å²) in [6.45, 7) is 0.962. The minimum absolute atomic E-state index is 0.0657. The molecule has 0 saturated carbocycles. The minimum atomic E-state index is -0.347. The Balaban J connectivity index is 1.86. The second-order valence-corrected chi connectivity index (χ2v) is 5.97. The van der Waals surface area contributed by atoms with Crippen LogP contribution in [0.15, 0.2) is 53.5 Å². The number of carbonyl (C=O) groups excluding carboxylic acids is 1. The van der Waals surface area contributed by atoms with Crippen molar-refractivity contribution in [1.29, 1.82) is 0 Å². The van der Waals surface area contributed by atoms with E-state index in [1.54, 1.807) is 7.11 Å². The van der Waals surface area contributed by atoms with Crippen LogP contribution in [-0.4, -0.2) is 31.8 Å². The van der Waals surface area contributed by atoms with Gasteiger partial charge in [-0.1, -0.05) is 0 Å². The number of hydrogen-bond donors (Lipinski definition) is 0. The molecule has 1 aliphatic rings. The van der Waals surface area contributed by atoms with Gasteiger partial charge in [-0.05, 0) is 61.4 Å². The number of carbonyl (C=O) groups is 1. The van der Waals surface area contributed by atoms with Crippen molar-refractivity contribution in [3.63, 3.8) is 0 Å². The molecule has 0 unspecified atom stereocenters. The van der Waals surface area contributed by atoms with E-state index in [4.69, 9.17) is 4.74 Å². The third kappa shape index (κ3) is 4.24. The molecule has 0 fully saturated rings. The van der Waals surface area contributed by atoms with Crippen molar-refractivity contribution in [2.45, 2.75) is 19.3 Å². The number of amidine groups is 1. The predicted molar refractivity (Wildman–Crippen MR) is 97.2 cm³/mol. The summed E-state index contributed by atoms with van der Waals surface area (Å²) in [5.41, 5.74) is 1.40. The molecule has 0 atom stereocenters. The second-order valence-electron chi connectivity index (χ2n) is 5.97. The summed E-state index contributed by atoms with van der Waals surface area (Å²) in [6, 6.07) is 13.2. The normalized spacial score (nSPS) is 13.9. The average Bonchev–Trinajstić information content (AvgIpc) is 2.67. The van der Waals surface area contributed by atoms with Gasteiger partial charge in [0.05, 0.1) is 13.7 Å². The topological polar surface area (TPSA) is 41.9 Å². The highest BCUT2D eigenvalue weighted by Crippen LogP contribution is 2.23. The molecule has 3 rings (SSSR count). The van der Waals surface area contributed by atoms with Gasteiger partial charge in [-0.3, -0.25) is 9.79 Å². The maximum atomic E-state index is 13.1. The van der Waals surface area contributed by atoms with Crippen molar-refractivity contribution in [1.82, 2.24) is 0 Å². The number of ketones is 1. The molecule has 130 valence electrons. The lowest BCUT2D eigenvalue weighted by molar-refractivity contribution is 0.100. The Hall–Kier alpha value is -2.69. The quantitative estimate of drug-likeness (QED) is 0.769. The highest BCUT2D eigenvalue weighted by Gasteiger charge is 2.20. The van der Waals surface area contributed by atoms with Crippen LogP contribution in [0, 0.1) is 5.82 Å². The summed E-state index contributed by atoms with van der Waals surface area (Å²) >= 11 is 0. The van der Waals surface area contributed by atoms with Crippen molar-refractivity contribution >= 4 is 17.3 Å². The molecular formula is C20H21FN2O2. The van der Waals surface area contributed by atoms with Gasteiger partial charge in [0.25, 0.3) is 0 Å². The summed E-state index contributed by atoms with van der Waals surface area (Å²) in [7, 11) is 1.62. The molecular weight excluding hydrogens is 319 g/mol. The number of methoxy groups -OCH3 is 1. The fourth-order valence-electron chi connectivity index (χ4n) is 2.87. The van der Waals surface area contributed by atoms with E-state index in [0.29, 0.717) is 5.56 Å². The molecule has 0 bridgehead atoms. The zero-order valence-electron chi connectivity index (χ0n) is 14.2. The SMILES string of the molecule is COc1ccc(N(CC(=O)c2ccc(F)cc2)C2=NCCCC2)cc1. The van der Waals surface area contributed by atoms with E-state index in [1.165, 1.54) is 24.3 Å². The highest BCUT2D eigenvalue weighted by atomic mass is 19.1. The summed E-state index contributed by atoms with van der Waals surface area (Å²) in [5, 5.41) is 0. The summed E-state index contributed by atoms with van der Waals surface area (Å²) in [4.78, 5) is 19.2. The molecule has 0 amide bonds. The van der Waals surface area contributed by atoms with Gasteiger partial charge in [0.1, 0.15) is 17.4 Å². The summed E-state index contributed by atoms with van der Waals surface area (Å²) < 4.78 is 18.3. The van der Waals surface area contributed by atoms with Gasteiger partial charge >= 0.3 is 0 Å². The minimum Gasteiger partial charge on any atom is -0.497 e. The fraction of sp³-hybridized carbons (Fsp3) is 0.300. The monoisotopic (exact) mass is 340 g/mol. The number of aliphatic imine (C=N–C) groups is 1. The smallest absolute Gasteiger partial charge is 0.182 e. The second kappa shape index (κ2) is 7.92. The van der Waals surface area contributed by atoms with Gasteiger partial charge in [0.15, 0.2) is 5.78 Å². The molecule has 0 aliphatic carbocycles. The van der Waals surface area contributed by atoms with E-state index in [-0.39, 0.29) is 18.1 Å². The van der Waals surface area contributed by atoms with Gasteiger partial charge in [0.2, 0.25) is 0 Å². The summed E-state index contributed by atoms with van der Waals surface area (Å²) in [6.07, 6.45) is 2.99. The van der Waals surface area contributed by atoms with E-state index < -0.39 is 0 Å². The van der Waals surface area contributed by atoms with Crippen LogP contribution in [0.4, 0.5) is 10.1 Å². The molecule has 25 heavy (non-hydrogen) atoms. The van der Waals surface area contributed by atoms with E-state index in [0.717, 1.165) is 43.1 Å². The highest BCUT2D eigenvalue weighted by molar-refractivity contribution is 6.07. The Labute approximate surface area is 146 Å². The molecule has 0 N–H and O–H groups in total. The van der Waals surface area contributed by atoms with Crippen molar-refractivity contribution in [3.8, 4) is 5.75 Å². The van der Waals surface area contributed by atoms with Crippen LogP contribution in [0.5, 0.6) is 5.75 Å². The molecule has 0 aromatic heterocycles. The van der Waals surface area contributed by atoms with Crippen LogP contribution >= 0.6 is 0 Å². The van der Waals surface area contributed by atoms with E-state index in [1.807, 2.05) is 29.2 Å². The van der Waals surface area contributed by atoms with Gasteiger partial charge in [-0.15, -0.1) is 0 Å². The van der Waals surface area contributed by atoms with E-state index in [2.05, 4.69) is 4.99 Å². The molecule has 4 nitrogen and oxygen atoms in total. The van der Waals surface area contributed by atoms with Gasteiger partial charge in [-0.25, -0.2) is 4.39 Å². The van der Waals surface area contributed by atoms with Crippen LogP contribution in [-0.2, 0) is 0 Å². The maximum absolute atomic E-state index is 13.1. The number of ether oxygens (including phenoxy) is 1. The molecule has 1 heterocycles. The lowest BCUT2D eigenvalue weighted by Gasteiger charge is -2.28. The van der Waals surface area contributed by atoms with E-state index >= 15 is 0 Å². The Morgan fingerprint density at radius 1 is 1.12 bits per heavy atom. The predicted octanol–water partition coefficient (Wildman–Crippen LogP) is 4.11. The van der Waals surface area contributed by atoms with Crippen molar-refractivity contribution in [2.24, 2.45) is 4.99 Å². The zero-order valence-corrected chi connectivity index (χ0v) is 14.2. The first-order valence-electron chi connectivity index (χ1n) is 8.41. The molecule has 5 heteroatoms. The number of halogens is 1.